The Balaban J connectivity index is 0.998. The molecule has 2 fully saturated rings. The molecule has 136 heavy (non-hydrogen) atoms. The number of aliphatic hydroxyl groups is 11. The molecule has 7 heterocycles. The number of rotatable bonds is 30. The molecule has 42 heteroatoms. The van der Waals surface area contributed by atoms with Crippen LogP contribution in [-0.2, 0) is 81.4 Å². The molecule has 7 aliphatic rings. The summed E-state index contributed by atoms with van der Waals surface area (Å²) in [5, 5.41) is 174. The molecule has 11 bridgehead atoms. The minimum Gasteiger partial charge on any atom is -0.507 e. The van der Waals surface area contributed by atoms with E-state index in [1.807, 2.05) is 13.8 Å². The van der Waals surface area contributed by atoms with Gasteiger partial charge < -0.3 is 142 Å². The number of alkyl halides is 3. The van der Waals surface area contributed by atoms with Crippen LogP contribution < -0.4 is 51.8 Å². The molecule has 0 radical (unpaired) electrons. The number of carbonyl (C=O) groups excluding carboxylic acids is 9. The predicted molar refractivity (Wildman–Crippen MR) is 474 cm³/mol. The van der Waals surface area contributed by atoms with Crippen LogP contribution in [0.15, 0.2) is 121 Å². The van der Waals surface area contributed by atoms with Crippen LogP contribution in [0.3, 0.4) is 0 Å². The predicted octanol–water partition coefficient (Wildman–Crippen LogP) is 5.35. The third-order valence-electron chi connectivity index (χ3n) is 24.9. The SMILES string of the molecule is CC[C@H](CC(C)C)C(=O)N[C@H]1C(=O)C[C@@H](CC(N)=O)C(=O)N[C@H]2C(=O)C[C@@H]3C(=O)N[C@H](C(=O)N[C@H](OC=O)c4cc(O)c(CNCCCCC(=O)[C@H](O)[C@@H](O)[C@H](O)[C@H](O)CO)c(O)c4-c4cc3ccc4O)[C@H](O)c3ccc(c(Cl)c3)Oc3cc2cc(c3O[C@@H]2O[C@H](CO)C(O)C(O)[C@H]2O[C@H]2CC(C)(NCc3ccc(-c4ccc(C(F)(F)F)cc4)cc3)[C@H](O)[C@H](C)O2)Oc2ccc(cc2Cl)[C@H]1O. The van der Waals surface area contributed by atoms with Crippen LogP contribution in [0.5, 0.6) is 46.0 Å². The number of hydrogen-bond donors (Lipinski definition) is 21. The molecule has 0 spiro atoms. The first kappa shape index (κ1) is 104. The zero-order valence-electron chi connectivity index (χ0n) is 74.0. The van der Waals surface area contributed by atoms with E-state index in [1.54, 1.807) is 38.1 Å². The molecular formula is C94H108Cl2F3N7O30. The number of phenolic OH excluding ortho intramolecular Hbond substituents is 3. The summed E-state index contributed by atoms with van der Waals surface area (Å²) < 4.78 is 85.5. The highest BCUT2D eigenvalue weighted by atomic mass is 35.5. The summed E-state index contributed by atoms with van der Waals surface area (Å²) in [5.41, 5.74) is 2.39. The zero-order chi connectivity index (χ0) is 99.0. The summed E-state index contributed by atoms with van der Waals surface area (Å²) in [4.78, 5) is 132. The number of ether oxygens (including phenoxy) is 7. The number of hydrogen-bond acceptors (Lipinski definition) is 32. The van der Waals surface area contributed by atoms with Crippen LogP contribution >= 0.6 is 23.2 Å². The lowest BCUT2D eigenvalue weighted by molar-refractivity contribution is -0.334. The third kappa shape index (κ3) is 23.8. The van der Waals surface area contributed by atoms with E-state index in [2.05, 4.69) is 31.9 Å². The molecule has 7 aliphatic heterocycles. The van der Waals surface area contributed by atoms with Crippen molar-refractivity contribution in [2.75, 3.05) is 19.8 Å². The number of amides is 5. The number of halogens is 5. The van der Waals surface area contributed by atoms with Gasteiger partial charge in [-0.2, -0.15) is 13.2 Å². The molecule has 2 saturated heterocycles. The molecule has 14 rings (SSSR count). The van der Waals surface area contributed by atoms with Gasteiger partial charge in [0.1, 0.15) is 102 Å². The second-order valence-corrected chi connectivity index (χ2v) is 35.8. The van der Waals surface area contributed by atoms with E-state index in [1.165, 1.54) is 31.2 Å². The highest BCUT2D eigenvalue weighted by Crippen LogP contribution is 2.52. The lowest BCUT2D eigenvalue weighted by Gasteiger charge is -2.48. The number of aromatic hydroxyl groups is 3. The summed E-state index contributed by atoms with van der Waals surface area (Å²) in [7, 11) is 0. The van der Waals surface area contributed by atoms with E-state index in [-0.39, 0.29) is 90.6 Å². The lowest BCUT2D eigenvalue weighted by atomic mass is 9.84. The van der Waals surface area contributed by atoms with Crippen molar-refractivity contribution in [1.29, 1.82) is 0 Å². The molecule has 37 nitrogen and oxygen atoms in total. The Kier molecular flexibility index (Phi) is 34.0. The van der Waals surface area contributed by atoms with E-state index in [4.69, 9.17) is 62.1 Å². The number of unbranched alkanes of at least 4 members (excludes halogenated alkanes) is 1. The molecule has 734 valence electrons. The maximum absolute atomic E-state index is 16.6. The molecule has 7 aromatic carbocycles. The fourth-order valence-corrected chi connectivity index (χ4v) is 17.6. The molecule has 0 saturated carbocycles. The molecule has 7 aromatic rings. The molecule has 3 unspecified atom stereocenters. The molecule has 22 N–H and O–H groups in total. The number of Topliss-reactive ketones (excluding diaryl/α,β-unsaturated/α-hetero) is 3. The fourth-order valence-electron chi connectivity index (χ4n) is 17.2. The summed E-state index contributed by atoms with van der Waals surface area (Å²) in [5.74, 6) is -19.2. The maximum atomic E-state index is 16.6. The van der Waals surface area contributed by atoms with Crippen molar-refractivity contribution in [3.63, 3.8) is 0 Å². The second-order valence-electron chi connectivity index (χ2n) is 35.0. The minimum absolute atomic E-state index is 0.0122. The second kappa shape index (κ2) is 44.6. The van der Waals surface area contributed by atoms with Gasteiger partial charge in [-0.05, 0) is 158 Å². The number of fused-ring (bicyclic) bond motifs is 15. The van der Waals surface area contributed by atoms with Gasteiger partial charge in [0, 0.05) is 73.3 Å². The Morgan fingerprint density at radius 3 is 1.93 bits per heavy atom. The Labute approximate surface area is 786 Å². The smallest absolute Gasteiger partial charge is 0.416 e. The van der Waals surface area contributed by atoms with Crippen molar-refractivity contribution in [3.8, 4) is 68.2 Å². The summed E-state index contributed by atoms with van der Waals surface area (Å²) >= 11 is 14.5. The number of benzene rings is 7. The Hall–Kier alpha value is -11.1. The van der Waals surface area contributed by atoms with Gasteiger partial charge in [0.15, 0.2) is 41.2 Å². The number of aliphatic hydroxyl groups excluding tert-OH is 11. The first-order chi connectivity index (χ1) is 64.4. The zero-order valence-corrected chi connectivity index (χ0v) is 75.5. The van der Waals surface area contributed by atoms with Gasteiger partial charge in [-0.1, -0.05) is 98.6 Å². The summed E-state index contributed by atoms with van der Waals surface area (Å²) in [6, 6.07) is 18.1. The van der Waals surface area contributed by atoms with Gasteiger partial charge >= 0.3 is 6.18 Å². The van der Waals surface area contributed by atoms with Gasteiger partial charge in [0.2, 0.25) is 47.8 Å². The van der Waals surface area contributed by atoms with Crippen molar-refractivity contribution in [1.82, 2.24) is 31.9 Å². The number of ketones is 3. The molecule has 5 amide bonds. The van der Waals surface area contributed by atoms with Crippen molar-refractivity contribution < 1.29 is 161 Å². The van der Waals surface area contributed by atoms with Gasteiger partial charge in [-0.25, -0.2) is 0 Å². The van der Waals surface area contributed by atoms with Crippen LogP contribution in [0.2, 0.25) is 10.0 Å². The van der Waals surface area contributed by atoms with E-state index < -0.39 is 299 Å². The monoisotopic (exact) mass is 1940 g/mol. The quantitative estimate of drug-likeness (QED) is 0.0199. The number of nitrogens with two attached hydrogens (primary N) is 1. The maximum Gasteiger partial charge on any atom is 0.416 e. The Bertz CT molecular complexity index is 5530. The topological polar surface area (TPSA) is 600 Å². The largest absolute Gasteiger partial charge is 0.507 e. The van der Waals surface area contributed by atoms with E-state index >= 15 is 24.0 Å². The molecule has 0 aromatic heterocycles. The van der Waals surface area contributed by atoms with Crippen LogP contribution in [0.25, 0.3) is 22.3 Å². The average Bonchev–Trinajstić information content (AvgIpc) is 0.760. The van der Waals surface area contributed by atoms with Crippen molar-refractivity contribution >= 4 is 76.6 Å². The van der Waals surface area contributed by atoms with Gasteiger partial charge in [0.05, 0.1) is 58.4 Å². The first-order valence-electron chi connectivity index (χ1n) is 43.8. The highest BCUT2D eigenvalue weighted by Gasteiger charge is 2.53. The molecule has 0 aliphatic carbocycles. The number of primary amides is 1. The van der Waals surface area contributed by atoms with Crippen LogP contribution in [0.1, 0.15) is 167 Å². The minimum atomic E-state index is -4.56. The Morgan fingerprint density at radius 2 is 1.34 bits per heavy atom. The summed E-state index contributed by atoms with van der Waals surface area (Å²) in [6.07, 6.45) is -36.4. The van der Waals surface area contributed by atoms with Crippen molar-refractivity contribution in [3.05, 3.63) is 176 Å². The normalized spacial score (nSPS) is 26.1. The van der Waals surface area contributed by atoms with Crippen molar-refractivity contribution in [2.24, 2.45) is 23.5 Å². The van der Waals surface area contributed by atoms with E-state index in [9.17, 15) is 104 Å². The average molecular weight is 1940 g/mol. The van der Waals surface area contributed by atoms with E-state index in [0.717, 1.165) is 72.8 Å². The fraction of sp³-hybridized carbons (Fsp3) is 0.457. The number of nitrogens with one attached hydrogen (secondary N) is 6. The van der Waals surface area contributed by atoms with Crippen LogP contribution in [-0.4, -0.2) is 236 Å². The third-order valence-corrected chi connectivity index (χ3v) is 25.5. The summed E-state index contributed by atoms with van der Waals surface area (Å²) in [6.45, 7) is 5.95. The first-order valence-corrected chi connectivity index (χ1v) is 44.6. The molecule has 22 atom stereocenters. The number of carbonyl (C=O) groups is 9. The van der Waals surface area contributed by atoms with E-state index in [0.29, 0.717) is 23.1 Å². The standard InChI is InChI=1S/C94H108Cl2F3N7O30/c1-6-44(25-41(2)3)87(126)104-74-62(113)29-51(32-70(100)116)88(127)103-73-50-30-67(132-65-22-17-48(76(74)117)27-57(65)95)84(136-92-85(83(124)81(122)69(39-108)134-92)135-71-35-93(5,86(125)42(4)131-71)102-36-43-10-12-45(13-11-43)46-14-19-52(20-15-46)94(97,98)99)68(31-50)133-66-23-18-49(28-58(66)96)77(118)75-90(129)106-91(130-40-109)55-34-61(112)56(37-101-24-8-7-9-60(111)79(120)82(123)80(121)64(115)38-107)78(119)72(55)54-26-47(16-21-59(54)110)53(33-63(73)114)89(128)105-75/h10-23,26-28,30-31,34,40-42,44,51,53,64,69,71,73-77,79-83,85-86,91-92,101-102,107-108,110,112,115,117-125H,6-9,24-25,29,32-33,35-39H2,1-5H3,(H2,100,116)(H,103,127)(H,104,126)(H,105,128)(H,106,129)/t42-,44+,51-,53-,64+,69+,71-,73+,74-,75-,76+,77+,79-,80+,81?,82+,83?,85+,86+,91+,92-,93?/m0/s1. The lowest BCUT2D eigenvalue weighted by Crippen LogP contribution is -2.65. The highest BCUT2D eigenvalue weighted by molar-refractivity contribution is 6.32. The van der Waals surface area contributed by atoms with Crippen LogP contribution in [0, 0.1) is 17.8 Å². The Morgan fingerprint density at radius 1 is 0.706 bits per heavy atom. The molecular weight excluding hydrogens is 1830 g/mol. The van der Waals surface area contributed by atoms with Crippen LogP contribution in [0.4, 0.5) is 13.2 Å². The van der Waals surface area contributed by atoms with Crippen molar-refractivity contribution in [2.45, 2.75) is 233 Å². The van der Waals surface area contributed by atoms with Gasteiger partial charge in [-0.15, -0.1) is 0 Å². The van der Waals surface area contributed by atoms with Gasteiger partial charge in [-0.3, -0.25) is 43.2 Å². The number of phenols is 3. The van der Waals surface area contributed by atoms with Gasteiger partial charge in [0.25, 0.3) is 6.47 Å².